The van der Waals surface area contributed by atoms with Crippen LogP contribution in [0, 0.1) is 11.8 Å². The summed E-state index contributed by atoms with van der Waals surface area (Å²) in [5.41, 5.74) is 1.02. The number of hydrogen-bond donors (Lipinski definition) is 1. The summed E-state index contributed by atoms with van der Waals surface area (Å²) in [6.07, 6.45) is 3.80. The van der Waals surface area contributed by atoms with Gasteiger partial charge in [0.25, 0.3) is 0 Å². The zero-order valence-corrected chi connectivity index (χ0v) is 11.8. The van der Waals surface area contributed by atoms with Crippen LogP contribution in [0.15, 0.2) is 24.3 Å². The maximum absolute atomic E-state index is 5.99. The van der Waals surface area contributed by atoms with Crippen LogP contribution in [0.2, 0.25) is 5.02 Å². The van der Waals surface area contributed by atoms with Crippen LogP contribution in [0.3, 0.4) is 0 Å². The number of rotatable bonds is 0. The summed E-state index contributed by atoms with van der Waals surface area (Å²) in [5.74, 6) is 6.75. The molecular weight excluding hydrogens is 256 g/mol. The SMILES string of the molecule is Clc1cccc(C#C[C@H]2CCC[C@H]3CNCCN32)c1. The van der Waals surface area contributed by atoms with E-state index in [-0.39, 0.29) is 0 Å². The van der Waals surface area contributed by atoms with Gasteiger partial charge in [-0.05, 0) is 37.5 Å². The lowest BCUT2D eigenvalue weighted by atomic mass is 9.94. The van der Waals surface area contributed by atoms with E-state index in [1.807, 2.05) is 24.3 Å². The van der Waals surface area contributed by atoms with Gasteiger partial charge in [-0.1, -0.05) is 29.5 Å². The highest BCUT2D eigenvalue weighted by atomic mass is 35.5. The molecule has 0 aliphatic carbocycles. The predicted octanol–water partition coefficient (Wildman–Crippen LogP) is 2.52. The summed E-state index contributed by atoms with van der Waals surface area (Å²) >= 11 is 5.99. The smallest absolute Gasteiger partial charge is 0.0721 e. The molecule has 0 bridgehead atoms. The van der Waals surface area contributed by atoms with Gasteiger partial charge in [0.05, 0.1) is 6.04 Å². The fourth-order valence-corrected chi connectivity index (χ4v) is 3.25. The first-order valence-electron chi connectivity index (χ1n) is 7.06. The van der Waals surface area contributed by atoms with E-state index >= 15 is 0 Å². The first-order valence-corrected chi connectivity index (χ1v) is 7.44. The number of piperidine rings is 1. The Bertz CT molecular complexity index is 501. The quantitative estimate of drug-likeness (QED) is 0.732. The van der Waals surface area contributed by atoms with Crippen LogP contribution in [-0.4, -0.2) is 36.6 Å². The van der Waals surface area contributed by atoms with Gasteiger partial charge in [0, 0.05) is 36.3 Å². The molecule has 19 heavy (non-hydrogen) atoms. The summed E-state index contributed by atoms with van der Waals surface area (Å²) in [7, 11) is 0. The Morgan fingerprint density at radius 2 is 2.26 bits per heavy atom. The number of nitrogens with zero attached hydrogens (tertiary/aromatic N) is 1. The van der Waals surface area contributed by atoms with Gasteiger partial charge in [0.2, 0.25) is 0 Å². The van der Waals surface area contributed by atoms with E-state index in [0.717, 1.165) is 30.2 Å². The average Bonchev–Trinajstić information content (AvgIpc) is 2.45. The Balaban J connectivity index is 1.75. The molecule has 0 aromatic heterocycles. The molecule has 0 saturated carbocycles. The van der Waals surface area contributed by atoms with Crippen molar-refractivity contribution in [3.05, 3.63) is 34.9 Å². The molecular formula is C16H19ClN2. The van der Waals surface area contributed by atoms with Crippen molar-refractivity contribution in [3.63, 3.8) is 0 Å². The normalized spacial score (nSPS) is 27.2. The zero-order valence-electron chi connectivity index (χ0n) is 11.0. The largest absolute Gasteiger partial charge is 0.314 e. The minimum absolute atomic E-state index is 0.417. The monoisotopic (exact) mass is 274 g/mol. The number of halogens is 1. The van der Waals surface area contributed by atoms with Gasteiger partial charge in [-0.25, -0.2) is 0 Å². The van der Waals surface area contributed by atoms with Crippen molar-refractivity contribution in [2.45, 2.75) is 31.3 Å². The Hall–Kier alpha value is -1.01. The lowest BCUT2D eigenvalue weighted by molar-refractivity contribution is 0.0896. The molecule has 0 unspecified atom stereocenters. The molecule has 2 heterocycles. The van der Waals surface area contributed by atoms with Crippen LogP contribution in [-0.2, 0) is 0 Å². The number of piperazine rings is 1. The molecule has 1 aromatic carbocycles. The summed E-state index contributed by atoms with van der Waals surface area (Å²) in [6, 6.07) is 8.91. The number of nitrogens with one attached hydrogen (secondary N) is 1. The Labute approximate surface area is 120 Å². The number of benzene rings is 1. The summed E-state index contributed by atoms with van der Waals surface area (Å²) in [4.78, 5) is 2.58. The lowest BCUT2D eigenvalue weighted by Gasteiger charge is -2.43. The van der Waals surface area contributed by atoms with Crippen molar-refractivity contribution in [2.75, 3.05) is 19.6 Å². The first-order chi connectivity index (χ1) is 9.33. The van der Waals surface area contributed by atoms with Crippen molar-refractivity contribution in [3.8, 4) is 11.8 Å². The van der Waals surface area contributed by atoms with Gasteiger partial charge >= 0.3 is 0 Å². The van der Waals surface area contributed by atoms with Crippen LogP contribution < -0.4 is 5.32 Å². The van der Waals surface area contributed by atoms with Crippen LogP contribution in [0.25, 0.3) is 0 Å². The molecule has 2 aliphatic heterocycles. The minimum Gasteiger partial charge on any atom is -0.314 e. The molecule has 2 fully saturated rings. The van der Waals surface area contributed by atoms with Crippen LogP contribution in [0.1, 0.15) is 24.8 Å². The fourth-order valence-electron chi connectivity index (χ4n) is 3.06. The molecule has 1 N–H and O–H groups in total. The number of hydrogen-bond acceptors (Lipinski definition) is 2. The highest BCUT2D eigenvalue weighted by Crippen LogP contribution is 2.23. The average molecular weight is 275 g/mol. The Morgan fingerprint density at radius 1 is 1.32 bits per heavy atom. The molecule has 0 radical (unpaired) electrons. The molecule has 3 heteroatoms. The molecule has 100 valence electrons. The van der Waals surface area contributed by atoms with Crippen molar-refractivity contribution in [1.82, 2.24) is 10.2 Å². The van der Waals surface area contributed by atoms with E-state index in [1.54, 1.807) is 0 Å². The summed E-state index contributed by atoms with van der Waals surface area (Å²) in [6.45, 7) is 3.33. The molecule has 3 rings (SSSR count). The Kier molecular flexibility index (Phi) is 4.08. The molecule has 2 nitrogen and oxygen atoms in total. The minimum atomic E-state index is 0.417. The third-order valence-electron chi connectivity index (χ3n) is 4.02. The maximum atomic E-state index is 5.99. The lowest BCUT2D eigenvalue weighted by Crippen LogP contribution is -2.56. The van der Waals surface area contributed by atoms with E-state index in [2.05, 4.69) is 22.1 Å². The molecule has 2 aliphatic rings. The molecule has 2 atom stereocenters. The van der Waals surface area contributed by atoms with Crippen molar-refractivity contribution < 1.29 is 0 Å². The van der Waals surface area contributed by atoms with E-state index in [4.69, 9.17) is 11.6 Å². The van der Waals surface area contributed by atoms with E-state index in [9.17, 15) is 0 Å². The predicted molar refractivity (Wildman–Crippen MR) is 79.3 cm³/mol. The van der Waals surface area contributed by atoms with Gasteiger partial charge in [0.15, 0.2) is 0 Å². The second kappa shape index (κ2) is 5.96. The van der Waals surface area contributed by atoms with E-state index in [0.29, 0.717) is 12.1 Å². The highest BCUT2D eigenvalue weighted by Gasteiger charge is 2.30. The second-order valence-electron chi connectivity index (χ2n) is 5.32. The van der Waals surface area contributed by atoms with E-state index in [1.165, 1.54) is 19.3 Å². The van der Waals surface area contributed by atoms with Crippen LogP contribution in [0.4, 0.5) is 0 Å². The van der Waals surface area contributed by atoms with Crippen molar-refractivity contribution >= 4 is 11.6 Å². The Morgan fingerprint density at radius 3 is 3.16 bits per heavy atom. The molecule has 0 spiro atoms. The van der Waals surface area contributed by atoms with Gasteiger partial charge in [-0.15, -0.1) is 0 Å². The summed E-state index contributed by atoms with van der Waals surface area (Å²) in [5, 5.41) is 4.24. The second-order valence-corrected chi connectivity index (χ2v) is 5.76. The summed E-state index contributed by atoms with van der Waals surface area (Å²) < 4.78 is 0. The van der Waals surface area contributed by atoms with Gasteiger partial charge in [0.1, 0.15) is 0 Å². The van der Waals surface area contributed by atoms with Gasteiger partial charge in [-0.2, -0.15) is 0 Å². The van der Waals surface area contributed by atoms with Crippen molar-refractivity contribution in [2.24, 2.45) is 0 Å². The number of fused-ring (bicyclic) bond motifs is 1. The van der Waals surface area contributed by atoms with Gasteiger partial charge < -0.3 is 5.32 Å². The zero-order chi connectivity index (χ0) is 13.1. The molecule has 1 aromatic rings. The van der Waals surface area contributed by atoms with Crippen molar-refractivity contribution in [1.29, 1.82) is 0 Å². The van der Waals surface area contributed by atoms with Gasteiger partial charge in [-0.3, -0.25) is 4.90 Å². The van der Waals surface area contributed by atoms with Crippen LogP contribution >= 0.6 is 11.6 Å². The third kappa shape index (κ3) is 3.12. The topological polar surface area (TPSA) is 15.3 Å². The van der Waals surface area contributed by atoms with Crippen LogP contribution in [0.5, 0.6) is 0 Å². The third-order valence-corrected chi connectivity index (χ3v) is 4.25. The molecule has 0 amide bonds. The van der Waals surface area contributed by atoms with E-state index < -0.39 is 0 Å². The maximum Gasteiger partial charge on any atom is 0.0721 e. The standard InChI is InChI=1S/C16H19ClN2/c17-14-4-1-3-13(11-14)7-8-15-5-2-6-16-12-18-9-10-19(15)16/h1,3-4,11,15-16,18H,2,5-6,9-10,12H2/t15-,16+/m1/s1. The first kappa shape index (κ1) is 13.0. The molecule has 2 saturated heterocycles. The fraction of sp³-hybridized carbons (Fsp3) is 0.500. The highest BCUT2D eigenvalue weighted by molar-refractivity contribution is 6.30.